The monoisotopic (exact) mass is 519 g/mol. The van der Waals surface area contributed by atoms with Crippen LogP contribution in [0.4, 0.5) is 11.8 Å². The normalized spacial score (nSPS) is 18.1. The van der Waals surface area contributed by atoms with Crippen LogP contribution in [-0.2, 0) is 20.6 Å². The van der Waals surface area contributed by atoms with Crippen LogP contribution < -0.4 is 10.9 Å². The molecule has 202 valence electrons. The van der Waals surface area contributed by atoms with Crippen LogP contribution in [0.2, 0.25) is 0 Å². The summed E-state index contributed by atoms with van der Waals surface area (Å²) >= 11 is 0. The maximum Gasteiger partial charge on any atom is 0.263 e. The molecule has 38 heavy (non-hydrogen) atoms. The number of hydrogen-bond donors (Lipinski definition) is 1. The van der Waals surface area contributed by atoms with E-state index in [2.05, 4.69) is 21.9 Å². The summed E-state index contributed by atoms with van der Waals surface area (Å²) in [6.07, 6.45) is 11.6. The molecule has 1 aliphatic heterocycles. The van der Waals surface area contributed by atoms with Crippen molar-refractivity contribution < 1.29 is 14.2 Å². The highest BCUT2D eigenvalue weighted by molar-refractivity contribution is 5.84. The summed E-state index contributed by atoms with van der Waals surface area (Å²) < 4.78 is 18.9. The molecule has 1 N–H and O–H groups in total. The van der Waals surface area contributed by atoms with E-state index < -0.39 is 0 Å². The number of fused-ring (bicyclic) bond motifs is 1. The molecule has 5 rings (SSSR count). The van der Waals surface area contributed by atoms with Crippen molar-refractivity contribution >= 4 is 28.6 Å². The van der Waals surface area contributed by atoms with Crippen LogP contribution in [0.5, 0.6) is 0 Å². The quantitative estimate of drug-likeness (QED) is 0.353. The van der Waals surface area contributed by atoms with Gasteiger partial charge in [0.25, 0.3) is 5.56 Å². The smallest absolute Gasteiger partial charge is 0.263 e. The third-order valence-electron chi connectivity index (χ3n) is 7.39. The van der Waals surface area contributed by atoms with Gasteiger partial charge in [-0.05, 0) is 69.6 Å². The second-order valence-corrected chi connectivity index (χ2v) is 9.99. The number of ether oxygens (including phenoxy) is 3. The van der Waals surface area contributed by atoms with Crippen LogP contribution in [0.25, 0.3) is 16.8 Å². The molecular formula is C29H37N5O4. The lowest BCUT2D eigenvalue weighted by Gasteiger charge is -2.22. The maximum absolute atomic E-state index is 13.7. The molecule has 0 spiro atoms. The van der Waals surface area contributed by atoms with E-state index in [-0.39, 0.29) is 17.9 Å². The second-order valence-electron chi connectivity index (χ2n) is 9.99. The lowest BCUT2D eigenvalue weighted by molar-refractivity contribution is -0.161. The highest BCUT2D eigenvalue weighted by atomic mass is 16.7. The highest BCUT2D eigenvalue weighted by Crippen LogP contribution is 2.33. The van der Waals surface area contributed by atoms with Crippen molar-refractivity contribution in [2.24, 2.45) is 0 Å². The number of hydrogen-bond acceptors (Lipinski definition) is 8. The number of aryl methyl sites for hydroxylation is 1. The van der Waals surface area contributed by atoms with Crippen molar-refractivity contribution in [3.8, 4) is 0 Å². The molecule has 1 saturated heterocycles. The number of nitrogens with zero attached hydrogens (tertiary/aromatic N) is 4. The summed E-state index contributed by atoms with van der Waals surface area (Å²) in [6, 6.07) is 4.02. The van der Waals surface area contributed by atoms with Crippen LogP contribution in [0.15, 0.2) is 35.9 Å². The van der Waals surface area contributed by atoms with Gasteiger partial charge in [-0.25, -0.2) is 9.97 Å². The Balaban J connectivity index is 1.36. The minimum atomic E-state index is -0.103. The van der Waals surface area contributed by atoms with Crippen LogP contribution in [0.3, 0.4) is 0 Å². The molecule has 0 aromatic carbocycles. The van der Waals surface area contributed by atoms with E-state index in [9.17, 15) is 4.79 Å². The first-order valence-corrected chi connectivity index (χ1v) is 13.7. The summed E-state index contributed by atoms with van der Waals surface area (Å²) in [7, 11) is 0. The Morgan fingerprint density at radius 1 is 1.16 bits per heavy atom. The van der Waals surface area contributed by atoms with Gasteiger partial charge in [0.05, 0.1) is 18.8 Å². The Morgan fingerprint density at radius 2 is 1.97 bits per heavy atom. The third kappa shape index (κ3) is 5.73. The number of nitrogens with one attached hydrogen (secondary N) is 1. The predicted octanol–water partition coefficient (Wildman–Crippen LogP) is 5.45. The summed E-state index contributed by atoms with van der Waals surface area (Å²) in [5.41, 5.74) is 2.90. The van der Waals surface area contributed by atoms with E-state index in [4.69, 9.17) is 19.2 Å². The van der Waals surface area contributed by atoms with Crippen molar-refractivity contribution in [1.82, 2.24) is 19.5 Å². The minimum Gasteiger partial charge on any atom is -0.494 e. The number of pyridine rings is 2. The Labute approximate surface area is 223 Å². The van der Waals surface area contributed by atoms with Crippen molar-refractivity contribution in [2.45, 2.75) is 77.5 Å². The fourth-order valence-corrected chi connectivity index (χ4v) is 5.38. The summed E-state index contributed by atoms with van der Waals surface area (Å²) in [5.74, 6) is 1.43. The van der Waals surface area contributed by atoms with Crippen molar-refractivity contribution in [2.75, 3.05) is 25.1 Å². The first-order chi connectivity index (χ1) is 18.5. The van der Waals surface area contributed by atoms with E-state index >= 15 is 0 Å². The van der Waals surface area contributed by atoms with E-state index in [1.165, 1.54) is 0 Å². The second kappa shape index (κ2) is 12.0. The molecule has 1 aliphatic carbocycles. The molecule has 0 amide bonds. The lowest BCUT2D eigenvalue weighted by Crippen LogP contribution is -2.29. The Morgan fingerprint density at radius 3 is 2.68 bits per heavy atom. The third-order valence-corrected chi connectivity index (χ3v) is 7.39. The minimum absolute atomic E-state index is 0.0821. The zero-order valence-corrected chi connectivity index (χ0v) is 22.4. The molecular weight excluding hydrogens is 482 g/mol. The fraction of sp³-hybridized carbons (Fsp3) is 0.517. The summed E-state index contributed by atoms with van der Waals surface area (Å²) in [4.78, 5) is 27.6. The zero-order valence-electron chi connectivity index (χ0n) is 22.4. The number of aromatic nitrogens is 4. The molecule has 0 radical (unpaired) electrons. The average molecular weight is 520 g/mol. The zero-order chi connectivity index (χ0) is 26.5. The molecule has 0 bridgehead atoms. The van der Waals surface area contributed by atoms with Crippen molar-refractivity contribution in [3.05, 3.63) is 58.1 Å². The molecule has 2 fully saturated rings. The molecule has 4 heterocycles. The molecule has 9 nitrogen and oxygen atoms in total. The van der Waals surface area contributed by atoms with Gasteiger partial charge in [-0.3, -0.25) is 9.36 Å². The van der Waals surface area contributed by atoms with Gasteiger partial charge in [0.15, 0.2) is 6.29 Å². The molecule has 2 aliphatic rings. The van der Waals surface area contributed by atoms with Crippen molar-refractivity contribution in [1.29, 1.82) is 0 Å². The van der Waals surface area contributed by atoms with E-state index in [1.54, 1.807) is 6.20 Å². The van der Waals surface area contributed by atoms with Crippen LogP contribution >= 0.6 is 0 Å². The Bertz CT molecular complexity index is 1330. The van der Waals surface area contributed by atoms with Gasteiger partial charge in [-0.1, -0.05) is 25.5 Å². The molecule has 9 heteroatoms. The lowest BCUT2D eigenvalue weighted by atomic mass is 10.0. The van der Waals surface area contributed by atoms with E-state index in [0.29, 0.717) is 41.9 Å². The topological polar surface area (TPSA) is 100 Å². The fourth-order valence-electron chi connectivity index (χ4n) is 5.38. The van der Waals surface area contributed by atoms with Gasteiger partial charge in [-0.2, -0.15) is 4.98 Å². The van der Waals surface area contributed by atoms with Gasteiger partial charge < -0.3 is 19.5 Å². The maximum atomic E-state index is 13.7. The highest BCUT2D eigenvalue weighted by Gasteiger charge is 2.26. The van der Waals surface area contributed by atoms with Gasteiger partial charge in [-0.15, -0.1) is 0 Å². The Hall–Kier alpha value is -3.30. The predicted molar refractivity (Wildman–Crippen MR) is 147 cm³/mol. The Kier molecular flexibility index (Phi) is 8.34. The standard InChI is InChI=1S/C29H37N5O4/c1-4-36-20(3)26-19(2)23-18-31-29(33-27(23)34(28(26)35)22-9-5-6-10-22)32-24-13-12-21(17-30-24)14-16-38-25-11-7-8-15-37-25/h12-13,17-18,22,25H,3-11,14-16H2,1-2H3,(H,30,31,32,33). The first kappa shape index (κ1) is 26.3. The molecule has 1 atom stereocenters. The van der Waals surface area contributed by atoms with Gasteiger partial charge in [0, 0.05) is 30.4 Å². The summed E-state index contributed by atoms with van der Waals surface area (Å²) in [5, 5.41) is 4.03. The molecule has 1 unspecified atom stereocenters. The number of rotatable bonds is 10. The van der Waals surface area contributed by atoms with E-state index in [1.807, 2.05) is 36.7 Å². The molecule has 1 saturated carbocycles. The largest absolute Gasteiger partial charge is 0.494 e. The van der Waals surface area contributed by atoms with E-state index in [0.717, 1.165) is 74.5 Å². The summed E-state index contributed by atoms with van der Waals surface area (Å²) in [6.45, 7) is 9.65. The van der Waals surface area contributed by atoms with Crippen LogP contribution in [0.1, 0.15) is 74.6 Å². The molecule has 3 aromatic heterocycles. The van der Waals surface area contributed by atoms with Crippen molar-refractivity contribution in [3.63, 3.8) is 0 Å². The van der Waals surface area contributed by atoms with Gasteiger partial charge in [0.1, 0.15) is 17.2 Å². The van der Waals surface area contributed by atoms with Crippen LogP contribution in [0, 0.1) is 6.92 Å². The first-order valence-electron chi connectivity index (χ1n) is 13.7. The number of anilines is 2. The molecule has 3 aromatic rings. The average Bonchev–Trinajstić information content (AvgIpc) is 3.45. The van der Waals surface area contributed by atoms with Crippen LogP contribution in [-0.4, -0.2) is 45.6 Å². The van der Waals surface area contributed by atoms with Gasteiger partial charge >= 0.3 is 0 Å². The van der Waals surface area contributed by atoms with Gasteiger partial charge in [0.2, 0.25) is 5.95 Å². The SMILES string of the molecule is C=C(OCC)c1c(C)c2cnc(Nc3ccc(CCOC4CCCCO4)cn3)nc2n(C2CCCC2)c1=O.